The highest BCUT2D eigenvalue weighted by Crippen LogP contribution is 2.21. The minimum Gasteiger partial charge on any atom is -0.372 e. The Bertz CT molecular complexity index is 848. The van der Waals surface area contributed by atoms with Gasteiger partial charge in [0.15, 0.2) is 5.11 Å². The molecule has 0 aromatic heterocycles. The molecule has 0 aliphatic carbocycles. The van der Waals surface area contributed by atoms with Gasteiger partial charge in [-0.3, -0.25) is 20.2 Å². The van der Waals surface area contributed by atoms with Crippen molar-refractivity contribution in [2.24, 2.45) is 0 Å². The van der Waals surface area contributed by atoms with E-state index >= 15 is 0 Å². The number of nitrogens with zero attached hydrogens (tertiary/aromatic N) is 2. The van der Waals surface area contributed by atoms with Crippen molar-refractivity contribution in [3.63, 3.8) is 0 Å². The van der Waals surface area contributed by atoms with Gasteiger partial charge < -0.3 is 10.2 Å². The Hall–Kier alpha value is -3.00. The first kappa shape index (κ1) is 18.8. The van der Waals surface area contributed by atoms with Gasteiger partial charge in [0.1, 0.15) is 0 Å². The molecule has 0 unspecified atom stereocenters. The molecule has 0 saturated carbocycles. The van der Waals surface area contributed by atoms with E-state index in [4.69, 9.17) is 12.2 Å². The average Bonchev–Trinajstić information content (AvgIpc) is 2.69. The van der Waals surface area contributed by atoms with Crippen molar-refractivity contribution in [2.75, 3.05) is 23.3 Å². The Balaban J connectivity index is 1.58. The third kappa shape index (κ3) is 5.01. The topological polar surface area (TPSA) is 87.5 Å². The number of nitrogens with one attached hydrogen (secondary N) is 2. The summed E-state index contributed by atoms with van der Waals surface area (Å²) in [5, 5.41) is 16.4. The molecular formula is C19H20N4O3S. The highest BCUT2D eigenvalue weighted by atomic mass is 32.1. The van der Waals surface area contributed by atoms with Gasteiger partial charge in [0.05, 0.1) is 4.92 Å². The van der Waals surface area contributed by atoms with Crippen molar-refractivity contribution in [1.82, 2.24) is 5.32 Å². The molecule has 27 heavy (non-hydrogen) atoms. The second-order valence-electron chi connectivity index (χ2n) is 6.31. The minimum absolute atomic E-state index is 0.136. The summed E-state index contributed by atoms with van der Waals surface area (Å²) < 4.78 is 0. The number of amides is 1. The number of carbonyl (C=O) groups is 1. The Kier molecular flexibility index (Phi) is 5.97. The molecule has 8 heteroatoms. The molecule has 0 spiro atoms. The van der Waals surface area contributed by atoms with Gasteiger partial charge in [-0.2, -0.15) is 0 Å². The second-order valence-corrected chi connectivity index (χ2v) is 6.72. The third-order valence-electron chi connectivity index (χ3n) is 4.39. The van der Waals surface area contributed by atoms with E-state index in [0.29, 0.717) is 0 Å². The number of carbonyl (C=O) groups excluding carboxylic acids is 1. The third-order valence-corrected chi connectivity index (χ3v) is 4.60. The summed E-state index contributed by atoms with van der Waals surface area (Å²) in [6, 6.07) is 13.4. The zero-order valence-electron chi connectivity index (χ0n) is 14.7. The lowest BCUT2D eigenvalue weighted by Crippen LogP contribution is -2.34. The largest absolute Gasteiger partial charge is 0.372 e. The maximum atomic E-state index is 12.2. The average molecular weight is 384 g/mol. The molecule has 140 valence electrons. The van der Waals surface area contributed by atoms with Gasteiger partial charge in [-0.1, -0.05) is 6.07 Å². The van der Waals surface area contributed by atoms with Crippen LogP contribution in [0.5, 0.6) is 0 Å². The molecule has 1 aliphatic heterocycles. The molecule has 2 aromatic rings. The molecule has 1 fully saturated rings. The van der Waals surface area contributed by atoms with Crippen molar-refractivity contribution >= 4 is 40.3 Å². The molecule has 1 aliphatic rings. The summed E-state index contributed by atoms with van der Waals surface area (Å²) in [6.45, 7) is 2.15. The maximum absolute atomic E-state index is 12.2. The lowest BCUT2D eigenvalue weighted by Gasteiger charge is -2.28. The lowest BCUT2D eigenvalue weighted by molar-refractivity contribution is -0.384. The number of nitro groups is 1. The van der Waals surface area contributed by atoms with E-state index in [1.54, 1.807) is 0 Å². The number of piperidine rings is 1. The zero-order valence-corrected chi connectivity index (χ0v) is 15.5. The molecule has 2 aromatic carbocycles. The summed E-state index contributed by atoms with van der Waals surface area (Å²) >= 11 is 5.17. The molecule has 0 atom stereocenters. The Morgan fingerprint density at radius 1 is 1.07 bits per heavy atom. The Morgan fingerprint density at radius 2 is 1.78 bits per heavy atom. The number of hydrogen-bond acceptors (Lipinski definition) is 5. The normalized spacial score (nSPS) is 13.7. The summed E-state index contributed by atoms with van der Waals surface area (Å²) in [4.78, 5) is 24.8. The number of non-ortho nitro benzene ring substituents is 1. The number of benzene rings is 2. The van der Waals surface area contributed by atoms with Gasteiger partial charge >= 0.3 is 0 Å². The van der Waals surface area contributed by atoms with Crippen LogP contribution in [0, 0.1) is 10.1 Å². The van der Waals surface area contributed by atoms with Gasteiger partial charge in [-0.15, -0.1) is 0 Å². The van der Waals surface area contributed by atoms with Gasteiger partial charge in [-0.25, -0.2) is 0 Å². The molecule has 2 N–H and O–H groups in total. The number of thiocarbonyl (C=S) groups is 1. The van der Waals surface area contributed by atoms with Gasteiger partial charge in [0, 0.05) is 42.2 Å². The van der Waals surface area contributed by atoms with E-state index in [1.807, 2.05) is 24.3 Å². The van der Waals surface area contributed by atoms with Crippen LogP contribution in [0.2, 0.25) is 0 Å². The molecule has 1 heterocycles. The highest BCUT2D eigenvalue weighted by molar-refractivity contribution is 7.80. The smallest absolute Gasteiger partial charge is 0.270 e. The van der Waals surface area contributed by atoms with Crippen LogP contribution in [-0.2, 0) is 0 Å². The van der Waals surface area contributed by atoms with E-state index < -0.39 is 10.8 Å². The van der Waals surface area contributed by atoms with Crippen LogP contribution in [0.25, 0.3) is 0 Å². The van der Waals surface area contributed by atoms with Crippen LogP contribution >= 0.6 is 12.2 Å². The highest BCUT2D eigenvalue weighted by Gasteiger charge is 2.13. The molecule has 1 amide bonds. The van der Waals surface area contributed by atoms with Crippen LogP contribution < -0.4 is 15.5 Å². The number of anilines is 2. The zero-order chi connectivity index (χ0) is 19.2. The van der Waals surface area contributed by atoms with Crippen LogP contribution in [0.1, 0.15) is 29.6 Å². The summed E-state index contributed by atoms with van der Waals surface area (Å²) in [5.41, 5.74) is 1.97. The van der Waals surface area contributed by atoms with Crippen molar-refractivity contribution in [1.29, 1.82) is 0 Å². The predicted octanol–water partition coefficient (Wildman–Crippen LogP) is 3.71. The van der Waals surface area contributed by atoms with Crippen molar-refractivity contribution in [2.45, 2.75) is 19.3 Å². The number of rotatable bonds is 4. The molecular weight excluding hydrogens is 364 g/mol. The fraction of sp³-hybridized carbons (Fsp3) is 0.263. The number of nitro benzene ring substituents is 1. The molecule has 0 radical (unpaired) electrons. The molecule has 3 rings (SSSR count). The van der Waals surface area contributed by atoms with Crippen molar-refractivity contribution in [3.8, 4) is 0 Å². The first-order valence-electron chi connectivity index (χ1n) is 8.75. The standard InChI is InChI=1S/C19H20N4O3S/c24-18(14-5-4-6-17(13-14)23(25)26)21-19(27)20-15-7-9-16(10-8-15)22-11-2-1-3-12-22/h4-10,13H,1-3,11-12H2,(H2,20,21,24,27). The van der Waals surface area contributed by atoms with E-state index in [9.17, 15) is 14.9 Å². The quantitative estimate of drug-likeness (QED) is 0.475. The fourth-order valence-corrected chi connectivity index (χ4v) is 3.22. The van der Waals surface area contributed by atoms with Crippen LogP contribution in [0.4, 0.5) is 17.1 Å². The first-order valence-corrected chi connectivity index (χ1v) is 9.15. The van der Waals surface area contributed by atoms with E-state index in [0.717, 1.165) is 18.8 Å². The summed E-state index contributed by atoms with van der Waals surface area (Å²) in [6.07, 6.45) is 3.72. The van der Waals surface area contributed by atoms with Crippen molar-refractivity contribution in [3.05, 3.63) is 64.2 Å². The first-order chi connectivity index (χ1) is 13.0. The van der Waals surface area contributed by atoms with E-state index in [-0.39, 0.29) is 16.4 Å². The monoisotopic (exact) mass is 384 g/mol. The Morgan fingerprint density at radius 3 is 2.44 bits per heavy atom. The van der Waals surface area contributed by atoms with Gasteiger partial charge in [0.2, 0.25) is 0 Å². The SMILES string of the molecule is O=C(NC(=S)Nc1ccc(N2CCCCC2)cc1)c1cccc([N+](=O)[O-])c1. The maximum Gasteiger partial charge on any atom is 0.270 e. The second kappa shape index (κ2) is 8.59. The fourth-order valence-electron chi connectivity index (χ4n) is 3.01. The summed E-state index contributed by atoms with van der Waals surface area (Å²) in [5.74, 6) is -0.499. The summed E-state index contributed by atoms with van der Waals surface area (Å²) in [7, 11) is 0. The van der Waals surface area contributed by atoms with Crippen LogP contribution in [-0.4, -0.2) is 29.0 Å². The molecule has 7 nitrogen and oxygen atoms in total. The molecule has 0 bridgehead atoms. The lowest BCUT2D eigenvalue weighted by atomic mass is 10.1. The Labute approximate surface area is 162 Å². The van der Waals surface area contributed by atoms with E-state index in [2.05, 4.69) is 15.5 Å². The van der Waals surface area contributed by atoms with Gasteiger partial charge in [-0.05, 0) is 61.8 Å². The predicted molar refractivity (Wildman–Crippen MR) is 109 cm³/mol. The van der Waals surface area contributed by atoms with Crippen molar-refractivity contribution < 1.29 is 9.72 Å². The van der Waals surface area contributed by atoms with Gasteiger partial charge in [0.25, 0.3) is 11.6 Å². The molecule has 1 saturated heterocycles. The van der Waals surface area contributed by atoms with Crippen LogP contribution in [0.3, 0.4) is 0 Å². The van der Waals surface area contributed by atoms with Crippen LogP contribution in [0.15, 0.2) is 48.5 Å². The number of hydrogen-bond donors (Lipinski definition) is 2. The minimum atomic E-state index is -0.544. The van der Waals surface area contributed by atoms with E-state index in [1.165, 1.54) is 49.2 Å².